The average Bonchev–Trinajstić information content (AvgIpc) is 2.05. The summed E-state index contributed by atoms with van der Waals surface area (Å²) in [6.45, 7) is 2.30. The van der Waals surface area contributed by atoms with Crippen molar-refractivity contribution < 1.29 is 0 Å². The van der Waals surface area contributed by atoms with Crippen LogP contribution in [0.5, 0.6) is 0 Å². The van der Waals surface area contributed by atoms with Gasteiger partial charge in [-0.05, 0) is 0 Å². The number of nitriles is 2. The second-order valence-electron chi connectivity index (χ2n) is 1.89. The molecule has 3 N–H and O–H groups in total. The van der Waals surface area contributed by atoms with Crippen molar-refractivity contribution in [3.8, 4) is 12.4 Å². The van der Waals surface area contributed by atoms with E-state index in [0.29, 0.717) is 26.2 Å². The second kappa shape index (κ2) is 6.81. The van der Waals surface area contributed by atoms with Crippen LogP contribution in [0.4, 0.5) is 0 Å². The van der Waals surface area contributed by atoms with Crippen molar-refractivity contribution in [1.82, 2.24) is 10.2 Å². The zero-order valence-electron chi connectivity index (χ0n) is 6.25. The third kappa shape index (κ3) is 5.16. The molecule has 60 valence electrons. The summed E-state index contributed by atoms with van der Waals surface area (Å²) in [5.74, 6) is 0. The Morgan fingerprint density at radius 3 is 2.36 bits per heavy atom. The fourth-order valence-corrected chi connectivity index (χ4v) is 0.540. The van der Waals surface area contributed by atoms with E-state index in [1.807, 2.05) is 0 Å². The maximum atomic E-state index is 8.28. The van der Waals surface area contributed by atoms with Gasteiger partial charge in [-0.1, -0.05) is 0 Å². The van der Waals surface area contributed by atoms with Crippen molar-refractivity contribution in [2.24, 2.45) is 5.73 Å². The number of rotatable bonds is 5. The standard InChI is InChI=1S/C6H11N5/c7-1-2-10-3-4-11(5-8)6-9/h10H,1-4,7H2. The van der Waals surface area contributed by atoms with E-state index in [1.165, 1.54) is 0 Å². The molecule has 0 aliphatic heterocycles. The van der Waals surface area contributed by atoms with Crippen LogP contribution in [-0.4, -0.2) is 31.1 Å². The number of nitrogens with two attached hydrogens (primary N) is 1. The summed E-state index contributed by atoms with van der Waals surface area (Å²) in [6.07, 6.45) is 3.46. The first-order chi connectivity index (χ1) is 5.35. The van der Waals surface area contributed by atoms with Gasteiger partial charge in [0.05, 0.1) is 6.54 Å². The topological polar surface area (TPSA) is 88.9 Å². The van der Waals surface area contributed by atoms with E-state index in [2.05, 4.69) is 5.32 Å². The lowest BCUT2D eigenvalue weighted by molar-refractivity contribution is 0.513. The van der Waals surface area contributed by atoms with Gasteiger partial charge in [0.25, 0.3) is 0 Å². The monoisotopic (exact) mass is 153 g/mol. The molecule has 0 spiro atoms. The molecular weight excluding hydrogens is 142 g/mol. The SMILES string of the molecule is N#CN(C#N)CCNCCN. The molecule has 11 heavy (non-hydrogen) atoms. The van der Waals surface area contributed by atoms with E-state index < -0.39 is 0 Å². The molecule has 0 aromatic heterocycles. The lowest BCUT2D eigenvalue weighted by Gasteiger charge is -2.04. The second-order valence-corrected chi connectivity index (χ2v) is 1.89. The molecule has 0 aromatic rings. The third-order valence-corrected chi connectivity index (χ3v) is 1.07. The molecule has 0 radical (unpaired) electrons. The molecule has 0 bridgehead atoms. The normalized spacial score (nSPS) is 8.27. The molecule has 0 aliphatic rings. The molecule has 0 aromatic carbocycles. The minimum Gasteiger partial charge on any atom is -0.329 e. The summed E-state index contributed by atoms with van der Waals surface area (Å²) in [5, 5.41) is 19.5. The van der Waals surface area contributed by atoms with Gasteiger partial charge in [-0.15, -0.1) is 0 Å². The fraction of sp³-hybridized carbons (Fsp3) is 0.667. The summed E-state index contributed by atoms with van der Waals surface area (Å²) < 4.78 is 0. The quantitative estimate of drug-likeness (QED) is 0.294. The van der Waals surface area contributed by atoms with Gasteiger partial charge in [0.2, 0.25) is 0 Å². The van der Waals surface area contributed by atoms with Crippen molar-refractivity contribution in [1.29, 1.82) is 10.5 Å². The number of nitrogens with zero attached hydrogens (tertiary/aromatic N) is 3. The van der Waals surface area contributed by atoms with Gasteiger partial charge < -0.3 is 11.1 Å². The van der Waals surface area contributed by atoms with E-state index in [-0.39, 0.29) is 0 Å². The summed E-state index contributed by atoms with van der Waals surface area (Å²) in [7, 11) is 0. The van der Waals surface area contributed by atoms with Crippen molar-refractivity contribution >= 4 is 0 Å². The minimum atomic E-state index is 0.410. The van der Waals surface area contributed by atoms with Crippen LogP contribution in [0.2, 0.25) is 0 Å². The van der Waals surface area contributed by atoms with Gasteiger partial charge in [0.15, 0.2) is 12.4 Å². The fourth-order valence-electron chi connectivity index (χ4n) is 0.540. The highest BCUT2D eigenvalue weighted by atomic mass is 15.1. The van der Waals surface area contributed by atoms with E-state index in [0.717, 1.165) is 4.90 Å². The predicted molar refractivity (Wildman–Crippen MR) is 39.9 cm³/mol. The maximum Gasteiger partial charge on any atom is 0.193 e. The summed E-state index contributed by atoms with van der Waals surface area (Å²) in [5.41, 5.74) is 5.20. The first kappa shape index (κ1) is 9.70. The third-order valence-electron chi connectivity index (χ3n) is 1.07. The minimum absolute atomic E-state index is 0.410. The summed E-state index contributed by atoms with van der Waals surface area (Å²) in [4.78, 5) is 1.00. The van der Waals surface area contributed by atoms with Gasteiger partial charge >= 0.3 is 0 Å². The Morgan fingerprint density at radius 2 is 1.91 bits per heavy atom. The summed E-state index contributed by atoms with van der Waals surface area (Å²) in [6, 6.07) is 0. The highest BCUT2D eigenvalue weighted by molar-refractivity contribution is 4.85. The van der Waals surface area contributed by atoms with Crippen LogP contribution < -0.4 is 11.1 Å². The van der Waals surface area contributed by atoms with Crippen LogP contribution in [0, 0.1) is 22.9 Å². The van der Waals surface area contributed by atoms with Crippen LogP contribution in [0.15, 0.2) is 0 Å². The Bertz CT molecular complexity index is 151. The van der Waals surface area contributed by atoms with Gasteiger partial charge in [0, 0.05) is 19.6 Å². The predicted octanol–water partition coefficient (Wildman–Crippen LogP) is -1.20. The molecule has 0 rings (SSSR count). The van der Waals surface area contributed by atoms with Crippen LogP contribution in [0.25, 0.3) is 0 Å². The number of hydrogen-bond acceptors (Lipinski definition) is 5. The highest BCUT2D eigenvalue weighted by Gasteiger charge is 1.95. The molecular formula is C6H11N5. The van der Waals surface area contributed by atoms with Crippen LogP contribution in [-0.2, 0) is 0 Å². The molecule has 5 nitrogen and oxygen atoms in total. The number of nitrogens with one attached hydrogen (secondary N) is 1. The van der Waals surface area contributed by atoms with Gasteiger partial charge in [-0.2, -0.15) is 10.5 Å². The average molecular weight is 153 g/mol. The molecule has 0 atom stereocenters. The molecule has 0 amide bonds. The molecule has 0 unspecified atom stereocenters. The van der Waals surface area contributed by atoms with Gasteiger partial charge in [-0.3, -0.25) is 0 Å². The van der Waals surface area contributed by atoms with Crippen LogP contribution >= 0.6 is 0 Å². The molecule has 0 heterocycles. The van der Waals surface area contributed by atoms with E-state index in [4.69, 9.17) is 16.3 Å². The Kier molecular flexibility index (Phi) is 6.01. The zero-order chi connectivity index (χ0) is 8.53. The van der Waals surface area contributed by atoms with Crippen molar-refractivity contribution in [2.75, 3.05) is 26.2 Å². The smallest absolute Gasteiger partial charge is 0.193 e. The molecule has 0 aliphatic carbocycles. The maximum absolute atomic E-state index is 8.28. The first-order valence-corrected chi connectivity index (χ1v) is 3.33. The molecule has 0 saturated heterocycles. The van der Waals surface area contributed by atoms with E-state index in [9.17, 15) is 0 Å². The number of hydrogen-bond donors (Lipinski definition) is 2. The largest absolute Gasteiger partial charge is 0.329 e. The Labute approximate surface area is 66.0 Å². The van der Waals surface area contributed by atoms with E-state index in [1.54, 1.807) is 12.4 Å². The highest BCUT2D eigenvalue weighted by Crippen LogP contribution is 1.77. The first-order valence-electron chi connectivity index (χ1n) is 3.33. The Morgan fingerprint density at radius 1 is 1.27 bits per heavy atom. The molecule has 0 fully saturated rings. The zero-order valence-corrected chi connectivity index (χ0v) is 6.25. The Balaban J connectivity index is 3.25. The molecule has 0 saturated carbocycles. The van der Waals surface area contributed by atoms with Gasteiger partial charge in [-0.25, -0.2) is 4.90 Å². The molecule has 5 heteroatoms. The summed E-state index contributed by atoms with van der Waals surface area (Å²) >= 11 is 0. The lowest BCUT2D eigenvalue weighted by Crippen LogP contribution is -2.29. The van der Waals surface area contributed by atoms with Crippen molar-refractivity contribution in [3.63, 3.8) is 0 Å². The van der Waals surface area contributed by atoms with Crippen molar-refractivity contribution in [3.05, 3.63) is 0 Å². The van der Waals surface area contributed by atoms with Crippen molar-refractivity contribution in [2.45, 2.75) is 0 Å². The Hall–Kier alpha value is -1.30. The van der Waals surface area contributed by atoms with Crippen LogP contribution in [0.1, 0.15) is 0 Å². The van der Waals surface area contributed by atoms with Gasteiger partial charge in [0.1, 0.15) is 0 Å². The van der Waals surface area contributed by atoms with E-state index >= 15 is 0 Å². The lowest BCUT2D eigenvalue weighted by atomic mass is 10.5. The van der Waals surface area contributed by atoms with Crippen LogP contribution in [0.3, 0.4) is 0 Å².